The molecular formula is C23H27ClINS. The van der Waals surface area contributed by atoms with Gasteiger partial charge in [0.2, 0.25) is 0 Å². The van der Waals surface area contributed by atoms with Crippen LogP contribution in [0.2, 0.25) is 5.02 Å². The first-order valence-electron chi connectivity index (χ1n) is 10.5. The predicted octanol–water partition coefficient (Wildman–Crippen LogP) is 6.80. The van der Waals surface area contributed by atoms with Gasteiger partial charge in [-0.3, -0.25) is 0 Å². The van der Waals surface area contributed by atoms with Crippen LogP contribution in [0.4, 0.5) is 0 Å². The predicted molar refractivity (Wildman–Crippen MR) is 123 cm³/mol. The van der Waals surface area contributed by atoms with Crippen molar-refractivity contribution in [2.75, 3.05) is 13.1 Å². The fourth-order valence-corrected chi connectivity index (χ4v) is 9.12. The monoisotopic (exact) mass is 511 g/mol. The zero-order valence-corrected chi connectivity index (χ0v) is 19.5. The first-order valence-corrected chi connectivity index (χ1v) is 12.8. The van der Waals surface area contributed by atoms with Crippen molar-refractivity contribution in [2.45, 2.75) is 67.4 Å². The van der Waals surface area contributed by atoms with Crippen molar-refractivity contribution >= 4 is 46.0 Å². The Balaban J connectivity index is 1.45. The number of piperidine rings is 1. The van der Waals surface area contributed by atoms with Crippen molar-refractivity contribution < 1.29 is 0 Å². The highest BCUT2D eigenvalue weighted by molar-refractivity contribution is 14.1. The van der Waals surface area contributed by atoms with Crippen LogP contribution in [0.15, 0.2) is 17.0 Å². The van der Waals surface area contributed by atoms with Gasteiger partial charge in [0.1, 0.15) is 0 Å². The van der Waals surface area contributed by atoms with E-state index in [4.69, 9.17) is 11.6 Å². The Morgan fingerprint density at radius 3 is 2.26 bits per heavy atom. The second-order valence-electron chi connectivity index (χ2n) is 9.22. The van der Waals surface area contributed by atoms with Gasteiger partial charge in [0.25, 0.3) is 0 Å². The fraction of sp³-hybridized carbons (Fsp3) is 0.652. The number of thioether (sulfide) groups is 1. The van der Waals surface area contributed by atoms with Gasteiger partial charge in [0.05, 0.1) is 10.6 Å². The van der Waals surface area contributed by atoms with Gasteiger partial charge in [-0.25, -0.2) is 0 Å². The summed E-state index contributed by atoms with van der Waals surface area (Å²) in [5, 5.41) is 0.826. The summed E-state index contributed by atoms with van der Waals surface area (Å²) in [5.74, 6) is 6.42. The van der Waals surface area contributed by atoms with E-state index in [1.54, 1.807) is 0 Å². The molecule has 0 atom stereocenters. The Labute approximate surface area is 186 Å². The molecule has 5 fully saturated rings. The second kappa shape index (κ2) is 7.65. The third-order valence-electron chi connectivity index (χ3n) is 7.05. The summed E-state index contributed by atoms with van der Waals surface area (Å²) in [7, 11) is 0. The fourth-order valence-electron chi connectivity index (χ4n) is 6.26. The minimum absolute atomic E-state index is 0.445. The number of benzene rings is 1. The molecule has 4 bridgehead atoms. The molecule has 0 N–H and O–H groups in total. The first kappa shape index (κ1) is 18.9. The molecule has 0 spiro atoms. The van der Waals surface area contributed by atoms with E-state index < -0.39 is 0 Å². The molecule has 1 saturated heterocycles. The normalized spacial score (nSPS) is 34.4. The average molecular weight is 512 g/mol. The molecule has 0 amide bonds. The van der Waals surface area contributed by atoms with Crippen LogP contribution in [0.5, 0.6) is 0 Å². The lowest BCUT2D eigenvalue weighted by Crippen LogP contribution is -2.48. The number of hydrogen-bond acceptors (Lipinski definition) is 2. The van der Waals surface area contributed by atoms with Crippen molar-refractivity contribution in [3.8, 4) is 12.0 Å². The van der Waals surface area contributed by atoms with E-state index >= 15 is 0 Å². The summed E-state index contributed by atoms with van der Waals surface area (Å²) in [6.07, 6.45) is 12.6. The minimum Gasteiger partial charge on any atom is -0.332 e. The van der Waals surface area contributed by atoms with Crippen LogP contribution in [0.3, 0.4) is 0 Å². The van der Waals surface area contributed by atoms with Crippen molar-refractivity contribution in [3.05, 3.63) is 26.3 Å². The Hall–Kier alpha value is -0.0500. The minimum atomic E-state index is 0.445. The van der Waals surface area contributed by atoms with Gasteiger partial charge < -0.3 is 4.90 Å². The SMILES string of the molecule is Clc1ccc(I)c(SC23CC4CC(CC(C4)C2)C3)c1C#CN1CCCCC1. The third-order valence-corrected chi connectivity index (χ3v) is 10.2. The highest BCUT2D eigenvalue weighted by Gasteiger charge is 2.51. The Morgan fingerprint density at radius 1 is 1.00 bits per heavy atom. The average Bonchev–Trinajstić information content (AvgIpc) is 2.64. The van der Waals surface area contributed by atoms with Gasteiger partial charge in [-0.2, -0.15) is 0 Å². The third kappa shape index (κ3) is 3.88. The van der Waals surface area contributed by atoms with E-state index in [0.29, 0.717) is 4.75 Å². The van der Waals surface area contributed by atoms with Gasteiger partial charge >= 0.3 is 0 Å². The van der Waals surface area contributed by atoms with Crippen LogP contribution in [0.25, 0.3) is 0 Å². The van der Waals surface area contributed by atoms with Crippen LogP contribution in [0, 0.1) is 33.3 Å². The summed E-state index contributed by atoms with van der Waals surface area (Å²) < 4.78 is 1.77. The van der Waals surface area contributed by atoms with Crippen LogP contribution in [-0.2, 0) is 0 Å². The summed E-state index contributed by atoms with van der Waals surface area (Å²) in [6.45, 7) is 2.21. The molecule has 4 saturated carbocycles. The topological polar surface area (TPSA) is 3.24 Å². The van der Waals surface area contributed by atoms with Crippen LogP contribution in [-0.4, -0.2) is 22.7 Å². The Bertz CT molecular complexity index is 754. The lowest BCUT2D eigenvalue weighted by atomic mass is 9.56. The second-order valence-corrected chi connectivity index (χ2v) is 12.3. The van der Waals surface area contributed by atoms with Crippen molar-refractivity contribution in [1.82, 2.24) is 4.90 Å². The molecule has 4 heteroatoms. The smallest absolute Gasteiger partial charge is 0.0597 e. The molecular weight excluding hydrogens is 485 g/mol. The van der Waals surface area contributed by atoms with Crippen LogP contribution < -0.4 is 0 Å². The van der Waals surface area contributed by atoms with E-state index in [1.165, 1.54) is 66.3 Å². The number of nitrogens with zero attached hydrogens (tertiary/aromatic N) is 1. The zero-order valence-electron chi connectivity index (χ0n) is 15.8. The Kier molecular flexibility index (Phi) is 5.37. The van der Waals surface area contributed by atoms with Crippen molar-refractivity contribution in [3.63, 3.8) is 0 Å². The van der Waals surface area contributed by atoms with E-state index in [9.17, 15) is 0 Å². The Morgan fingerprint density at radius 2 is 1.63 bits per heavy atom. The largest absolute Gasteiger partial charge is 0.332 e. The molecule has 1 nitrogen and oxygen atoms in total. The summed E-state index contributed by atoms with van der Waals surface area (Å²) in [6, 6.07) is 7.65. The number of hydrogen-bond donors (Lipinski definition) is 0. The molecule has 1 aromatic rings. The zero-order chi connectivity index (χ0) is 18.4. The quantitative estimate of drug-likeness (QED) is 0.317. The lowest BCUT2D eigenvalue weighted by molar-refractivity contribution is 0.0383. The first-order chi connectivity index (χ1) is 13.1. The molecule has 4 aliphatic carbocycles. The van der Waals surface area contributed by atoms with Crippen LogP contribution >= 0.6 is 46.0 Å². The molecule has 0 radical (unpaired) electrons. The van der Waals surface area contributed by atoms with Gasteiger partial charge in [0, 0.05) is 32.3 Å². The van der Waals surface area contributed by atoms with E-state index in [0.717, 1.165) is 41.4 Å². The van der Waals surface area contributed by atoms with Gasteiger partial charge in [-0.15, -0.1) is 11.8 Å². The summed E-state index contributed by atoms with van der Waals surface area (Å²) in [4.78, 5) is 3.65. The molecule has 0 aromatic heterocycles. The number of likely N-dealkylation sites (tertiary alicyclic amines) is 1. The molecule has 0 unspecified atom stereocenters. The maximum Gasteiger partial charge on any atom is 0.0597 e. The molecule has 6 rings (SSSR count). The van der Waals surface area contributed by atoms with E-state index in [1.807, 2.05) is 6.07 Å². The van der Waals surface area contributed by atoms with E-state index in [-0.39, 0.29) is 0 Å². The molecule has 5 aliphatic rings. The highest BCUT2D eigenvalue weighted by Crippen LogP contribution is 2.62. The molecule has 1 aliphatic heterocycles. The molecule has 144 valence electrons. The van der Waals surface area contributed by atoms with Gasteiger partial charge in [0.15, 0.2) is 0 Å². The van der Waals surface area contributed by atoms with Gasteiger partial charge in [-0.1, -0.05) is 11.6 Å². The lowest BCUT2D eigenvalue weighted by Gasteiger charge is -2.56. The molecule has 1 aromatic carbocycles. The van der Waals surface area contributed by atoms with Crippen molar-refractivity contribution in [1.29, 1.82) is 0 Å². The number of rotatable bonds is 2. The number of halogens is 2. The van der Waals surface area contributed by atoms with Gasteiger partial charge in [-0.05, 0) is 116 Å². The van der Waals surface area contributed by atoms with Crippen molar-refractivity contribution in [2.24, 2.45) is 17.8 Å². The van der Waals surface area contributed by atoms with E-state index in [2.05, 4.69) is 57.3 Å². The maximum absolute atomic E-state index is 6.67. The highest BCUT2D eigenvalue weighted by atomic mass is 127. The molecule has 1 heterocycles. The standard InChI is InChI=1S/C23H27ClINS/c24-20-4-5-21(25)22(19(20)6-9-26-7-2-1-3-8-26)27-23-13-16-10-17(14-23)12-18(11-16)15-23/h4-5,16-18H,1-3,7-8,10-15H2. The van der Waals surface area contributed by atoms with Crippen LogP contribution in [0.1, 0.15) is 63.4 Å². The summed E-state index contributed by atoms with van der Waals surface area (Å²) in [5.41, 5.74) is 1.08. The molecule has 27 heavy (non-hydrogen) atoms. The summed E-state index contributed by atoms with van der Waals surface area (Å²) >= 11 is 11.3. The maximum atomic E-state index is 6.67.